The summed E-state index contributed by atoms with van der Waals surface area (Å²) in [6.07, 6.45) is 5.32. The van der Waals surface area contributed by atoms with Crippen LogP contribution in [0.4, 0.5) is 0 Å². The SMILES string of the molecule is C=CCC[C@@H](c1c(Cl)cnc(Cl)c1Cl)N1CCNCC1.Cl.Cl. The lowest BCUT2D eigenvalue weighted by Crippen LogP contribution is -2.45. The lowest BCUT2D eigenvalue weighted by Gasteiger charge is -2.36. The molecule has 2 heterocycles. The molecule has 0 saturated carbocycles. The summed E-state index contributed by atoms with van der Waals surface area (Å²) in [7, 11) is 0. The molecule has 1 fully saturated rings. The van der Waals surface area contributed by atoms with E-state index in [1.54, 1.807) is 6.20 Å². The topological polar surface area (TPSA) is 28.2 Å². The Balaban J connectivity index is 0.00000220. The first-order valence-corrected chi connectivity index (χ1v) is 7.83. The highest BCUT2D eigenvalue weighted by atomic mass is 35.5. The normalized spacial score (nSPS) is 16.3. The number of aromatic nitrogens is 1. The van der Waals surface area contributed by atoms with Gasteiger partial charge in [-0.3, -0.25) is 4.90 Å². The van der Waals surface area contributed by atoms with Gasteiger partial charge < -0.3 is 5.32 Å². The maximum Gasteiger partial charge on any atom is 0.148 e. The first-order valence-electron chi connectivity index (χ1n) is 6.70. The Hall–Kier alpha value is 0.260. The van der Waals surface area contributed by atoms with Crippen molar-refractivity contribution in [3.05, 3.63) is 39.6 Å². The molecule has 0 bridgehead atoms. The molecule has 1 atom stereocenters. The molecule has 2 rings (SSSR count). The summed E-state index contributed by atoms with van der Waals surface area (Å²) >= 11 is 18.7. The molecule has 0 aliphatic carbocycles. The van der Waals surface area contributed by atoms with E-state index in [2.05, 4.69) is 21.8 Å². The van der Waals surface area contributed by atoms with E-state index in [-0.39, 0.29) is 30.9 Å². The van der Waals surface area contributed by atoms with Crippen LogP contribution in [0.15, 0.2) is 18.9 Å². The van der Waals surface area contributed by atoms with Crippen LogP contribution in [0.25, 0.3) is 0 Å². The number of hydrogen-bond donors (Lipinski definition) is 1. The Labute approximate surface area is 159 Å². The van der Waals surface area contributed by atoms with Crippen molar-refractivity contribution in [1.29, 1.82) is 0 Å². The zero-order valence-corrected chi connectivity index (χ0v) is 15.9. The van der Waals surface area contributed by atoms with E-state index >= 15 is 0 Å². The fraction of sp³-hybridized carbons (Fsp3) is 0.500. The standard InChI is InChI=1S/C14H18Cl3N3.2ClH/c1-2-3-4-11(20-7-5-18-6-8-20)12-10(15)9-19-14(17)13(12)16;;/h2,9,11,18H,1,3-8H2;2*1H/t11-;;/m0../s1. The summed E-state index contributed by atoms with van der Waals surface area (Å²) in [5, 5.41) is 4.70. The van der Waals surface area contributed by atoms with Crippen molar-refractivity contribution in [2.24, 2.45) is 0 Å². The van der Waals surface area contributed by atoms with Crippen molar-refractivity contribution in [1.82, 2.24) is 15.2 Å². The van der Waals surface area contributed by atoms with E-state index in [0.717, 1.165) is 44.6 Å². The van der Waals surface area contributed by atoms with Gasteiger partial charge in [0.15, 0.2) is 0 Å². The summed E-state index contributed by atoms with van der Waals surface area (Å²) in [6.45, 7) is 7.67. The van der Waals surface area contributed by atoms with Crippen molar-refractivity contribution < 1.29 is 0 Å². The molecule has 1 N–H and O–H groups in total. The first-order chi connectivity index (χ1) is 9.65. The number of rotatable bonds is 5. The Morgan fingerprint density at radius 2 is 1.91 bits per heavy atom. The molecule has 0 unspecified atom stereocenters. The largest absolute Gasteiger partial charge is 0.314 e. The third-order valence-corrected chi connectivity index (χ3v) is 4.60. The third kappa shape index (κ3) is 5.41. The molecule has 1 saturated heterocycles. The van der Waals surface area contributed by atoms with E-state index in [4.69, 9.17) is 34.8 Å². The van der Waals surface area contributed by atoms with E-state index in [0.29, 0.717) is 15.2 Å². The van der Waals surface area contributed by atoms with Crippen molar-refractivity contribution in [2.75, 3.05) is 26.2 Å². The van der Waals surface area contributed by atoms with Gasteiger partial charge in [0.05, 0.1) is 10.0 Å². The maximum atomic E-state index is 6.34. The molecule has 0 spiro atoms. The molecule has 0 amide bonds. The van der Waals surface area contributed by atoms with Crippen LogP contribution in [0, 0.1) is 0 Å². The zero-order chi connectivity index (χ0) is 14.5. The molecule has 126 valence electrons. The summed E-state index contributed by atoms with van der Waals surface area (Å²) < 4.78 is 0. The van der Waals surface area contributed by atoms with E-state index in [9.17, 15) is 0 Å². The first kappa shape index (κ1) is 22.3. The average Bonchev–Trinajstić information content (AvgIpc) is 2.47. The van der Waals surface area contributed by atoms with Crippen molar-refractivity contribution in [3.8, 4) is 0 Å². The summed E-state index contributed by atoms with van der Waals surface area (Å²) in [5.41, 5.74) is 0.886. The van der Waals surface area contributed by atoms with Gasteiger partial charge in [0, 0.05) is 44.0 Å². The van der Waals surface area contributed by atoms with Gasteiger partial charge in [-0.25, -0.2) is 4.98 Å². The van der Waals surface area contributed by atoms with Crippen LogP contribution in [0.3, 0.4) is 0 Å². The maximum absolute atomic E-state index is 6.34. The van der Waals surface area contributed by atoms with Crippen LogP contribution in [0.1, 0.15) is 24.4 Å². The van der Waals surface area contributed by atoms with Crippen LogP contribution < -0.4 is 5.32 Å². The number of piperazine rings is 1. The summed E-state index contributed by atoms with van der Waals surface area (Å²) in [5.74, 6) is 0. The molecule has 1 aromatic heterocycles. The number of nitrogens with one attached hydrogen (secondary N) is 1. The van der Waals surface area contributed by atoms with Crippen molar-refractivity contribution in [2.45, 2.75) is 18.9 Å². The number of pyridine rings is 1. The van der Waals surface area contributed by atoms with Crippen molar-refractivity contribution >= 4 is 59.6 Å². The molecule has 8 heteroatoms. The number of halogens is 5. The average molecular weight is 408 g/mol. The van der Waals surface area contributed by atoms with Gasteiger partial charge in [-0.05, 0) is 12.8 Å². The third-order valence-electron chi connectivity index (χ3n) is 3.54. The van der Waals surface area contributed by atoms with Gasteiger partial charge in [-0.1, -0.05) is 40.9 Å². The van der Waals surface area contributed by atoms with Gasteiger partial charge in [-0.15, -0.1) is 31.4 Å². The van der Waals surface area contributed by atoms with Crippen LogP contribution in [0.2, 0.25) is 15.2 Å². The minimum Gasteiger partial charge on any atom is -0.314 e. The van der Waals surface area contributed by atoms with Gasteiger partial charge in [0.1, 0.15) is 5.15 Å². The number of hydrogen-bond acceptors (Lipinski definition) is 3. The van der Waals surface area contributed by atoms with Gasteiger partial charge in [0.2, 0.25) is 0 Å². The second-order valence-corrected chi connectivity index (χ2v) is 5.94. The molecular weight excluding hydrogens is 387 g/mol. The smallest absolute Gasteiger partial charge is 0.148 e. The van der Waals surface area contributed by atoms with Crippen LogP contribution in [-0.2, 0) is 0 Å². The Kier molecular flexibility index (Phi) is 11.1. The molecular formula is C14H20Cl5N3. The molecule has 1 aliphatic heterocycles. The Morgan fingerprint density at radius 1 is 1.27 bits per heavy atom. The highest BCUT2D eigenvalue weighted by Crippen LogP contribution is 2.39. The summed E-state index contributed by atoms with van der Waals surface area (Å²) in [4.78, 5) is 6.39. The molecule has 22 heavy (non-hydrogen) atoms. The molecule has 1 aromatic rings. The lowest BCUT2D eigenvalue weighted by atomic mass is 10.00. The van der Waals surface area contributed by atoms with E-state index in [1.165, 1.54) is 0 Å². The zero-order valence-electron chi connectivity index (χ0n) is 12.0. The fourth-order valence-electron chi connectivity index (χ4n) is 2.54. The van der Waals surface area contributed by atoms with Gasteiger partial charge in [0.25, 0.3) is 0 Å². The highest BCUT2D eigenvalue weighted by Gasteiger charge is 2.26. The van der Waals surface area contributed by atoms with Gasteiger partial charge >= 0.3 is 0 Å². The van der Waals surface area contributed by atoms with Crippen LogP contribution >= 0.6 is 59.6 Å². The molecule has 3 nitrogen and oxygen atoms in total. The number of allylic oxidation sites excluding steroid dienone is 1. The van der Waals surface area contributed by atoms with Crippen LogP contribution in [0.5, 0.6) is 0 Å². The minimum atomic E-state index is 0. The Morgan fingerprint density at radius 3 is 2.50 bits per heavy atom. The van der Waals surface area contributed by atoms with Crippen molar-refractivity contribution in [3.63, 3.8) is 0 Å². The lowest BCUT2D eigenvalue weighted by molar-refractivity contribution is 0.166. The van der Waals surface area contributed by atoms with Crippen LogP contribution in [-0.4, -0.2) is 36.1 Å². The van der Waals surface area contributed by atoms with Gasteiger partial charge in [-0.2, -0.15) is 0 Å². The van der Waals surface area contributed by atoms with E-state index in [1.807, 2.05) is 6.08 Å². The minimum absolute atomic E-state index is 0. The fourth-order valence-corrected chi connectivity index (χ4v) is 3.28. The highest BCUT2D eigenvalue weighted by molar-refractivity contribution is 6.43. The summed E-state index contributed by atoms with van der Waals surface area (Å²) in [6, 6.07) is 0.149. The predicted molar refractivity (Wildman–Crippen MR) is 100 cm³/mol. The quantitative estimate of drug-likeness (QED) is 0.561. The second-order valence-electron chi connectivity index (χ2n) is 4.79. The predicted octanol–water partition coefficient (Wildman–Crippen LogP) is 4.80. The number of nitrogens with zero attached hydrogens (tertiary/aromatic N) is 2. The second kappa shape index (κ2) is 10.9. The van der Waals surface area contributed by atoms with E-state index < -0.39 is 0 Å². The molecule has 0 radical (unpaired) electrons. The molecule has 1 aliphatic rings. The monoisotopic (exact) mass is 405 g/mol. The molecule has 0 aromatic carbocycles. The Bertz CT molecular complexity index is 478.